The lowest BCUT2D eigenvalue weighted by molar-refractivity contribution is 0.0496. The number of amides is 1. The number of hydrogen-bond acceptors (Lipinski definition) is 4. The Balaban J connectivity index is 2.59. The Morgan fingerprint density at radius 2 is 2.00 bits per heavy atom. The number of pyridine rings is 1. The van der Waals surface area contributed by atoms with Gasteiger partial charge in [-0.15, -0.1) is 0 Å². The highest BCUT2D eigenvalue weighted by Gasteiger charge is 2.22. The Bertz CT molecular complexity index is 424. The molecule has 5 nitrogen and oxygen atoms in total. The molecule has 1 aromatic rings. The van der Waals surface area contributed by atoms with Crippen molar-refractivity contribution in [1.82, 2.24) is 10.3 Å². The summed E-state index contributed by atoms with van der Waals surface area (Å²) in [5.74, 6) is -0.249. The van der Waals surface area contributed by atoms with E-state index in [2.05, 4.69) is 10.3 Å². The number of nitrogens with one attached hydrogen (secondary N) is 1. The van der Waals surface area contributed by atoms with Crippen LogP contribution in [-0.2, 0) is 4.74 Å². The van der Waals surface area contributed by atoms with Crippen LogP contribution in [0.3, 0.4) is 0 Å². The van der Waals surface area contributed by atoms with E-state index in [1.807, 2.05) is 0 Å². The van der Waals surface area contributed by atoms with Gasteiger partial charge in [-0.2, -0.15) is 0 Å². The number of hydrogen-bond donors (Lipinski definition) is 1. The maximum absolute atomic E-state index is 11.9. The summed E-state index contributed by atoms with van der Waals surface area (Å²) in [6.45, 7) is 6.88. The van der Waals surface area contributed by atoms with Crippen molar-refractivity contribution >= 4 is 11.9 Å². The molecule has 0 radical (unpaired) electrons. The lowest BCUT2D eigenvalue weighted by atomic mass is 10.1. The van der Waals surface area contributed by atoms with Gasteiger partial charge >= 0.3 is 6.09 Å². The van der Waals surface area contributed by atoms with Crippen LogP contribution >= 0.6 is 0 Å². The smallest absolute Gasteiger partial charge is 0.408 e. The van der Waals surface area contributed by atoms with Gasteiger partial charge in [0.15, 0.2) is 0 Å². The van der Waals surface area contributed by atoms with Crippen LogP contribution in [-0.4, -0.2) is 28.5 Å². The zero-order valence-corrected chi connectivity index (χ0v) is 11.1. The third-order valence-electron chi connectivity index (χ3n) is 2.04. The number of aromatic nitrogens is 1. The number of ether oxygens (including phenoxy) is 1. The molecule has 18 heavy (non-hydrogen) atoms. The number of carbonyl (C=O) groups is 2. The normalized spacial score (nSPS) is 12.7. The van der Waals surface area contributed by atoms with Crippen molar-refractivity contribution in [2.24, 2.45) is 0 Å². The molecule has 0 aromatic carbocycles. The summed E-state index contributed by atoms with van der Waals surface area (Å²) in [5.41, 5.74) is -0.265. The molecular weight excluding hydrogens is 232 g/mol. The van der Waals surface area contributed by atoms with E-state index in [1.54, 1.807) is 45.9 Å². The lowest BCUT2D eigenvalue weighted by Gasteiger charge is -2.21. The van der Waals surface area contributed by atoms with Crippen LogP contribution in [0.5, 0.6) is 0 Å². The fourth-order valence-electron chi connectivity index (χ4n) is 1.28. The Labute approximate surface area is 107 Å². The van der Waals surface area contributed by atoms with E-state index in [-0.39, 0.29) is 5.78 Å². The van der Waals surface area contributed by atoms with E-state index in [9.17, 15) is 9.59 Å². The molecule has 1 amide bonds. The highest BCUT2D eigenvalue weighted by atomic mass is 16.6. The highest BCUT2D eigenvalue weighted by molar-refractivity contribution is 5.99. The minimum absolute atomic E-state index is 0.249. The van der Waals surface area contributed by atoms with Crippen molar-refractivity contribution in [1.29, 1.82) is 0 Å². The largest absolute Gasteiger partial charge is 0.444 e. The maximum Gasteiger partial charge on any atom is 0.408 e. The minimum atomic E-state index is -0.672. The van der Waals surface area contributed by atoms with E-state index >= 15 is 0 Å². The second-order valence-electron chi connectivity index (χ2n) is 4.95. The van der Waals surface area contributed by atoms with Crippen LogP contribution in [0, 0.1) is 0 Å². The molecule has 1 N–H and O–H groups in total. The first-order valence-corrected chi connectivity index (χ1v) is 5.74. The summed E-state index contributed by atoms with van der Waals surface area (Å²) in [6, 6.07) is 4.38. The van der Waals surface area contributed by atoms with E-state index < -0.39 is 17.7 Å². The SMILES string of the molecule is C[C@@H](NC(=O)OC(C)(C)C)C(=O)c1ccccn1. The van der Waals surface area contributed by atoms with Gasteiger partial charge in [-0.25, -0.2) is 4.79 Å². The number of Topliss-reactive ketones (excluding diaryl/α,β-unsaturated/α-hetero) is 1. The highest BCUT2D eigenvalue weighted by Crippen LogP contribution is 2.07. The molecule has 0 saturated heterocycles. The summed E-state index contributed by atoms with van der Waals surface area (Å²) >= 11 is 0. The van der Waals surface area contributed by atoms with Gasteiger partial charge in [-0.05, 0) is 39.8 Å². The number of alkyl carbamates (subject to hydrolysis) is 1. The monoisotopic (exact) mass is 250 g/mol. The zero-order valence-electron chi connectivity index (χ0n) is 11.1. The number of nitrogens with zero attached hydrogens (tertiary/aromatic N) is 1. The van der Waals surface area contributed by atoms with Gasteiger partial charge < -0.3 is 10.1 Å². The molecule has 1 aromatic heterocycles. The molecular formula is C13H18N2O3. The molecule has 0 spiro atoms. The van der Waals surface area contributed by atoms with Crippen molar-refractivity contribution < 1.29 is 14.3 Å². The Morgan fingerprint density at radius 3 is 2.50 bits per heavy atom. The van der Waals surface area contributed by atoms with Crippen LogP contribution in [0.25, 0.3) is 0 Å². The molecule has 0 fully saturated rings. The molecule has 0 bridgehead atoms. The Morgan fingerprint density at radius 1 is 1.33 bits per heavy atom. The summed E-state index contributed by atoms with van der Waals surface area (Å²) in [4.78, 5) is 27.4. The summed E-state index contributed by atoms with van der Waals surface area (Å²) in [5, 5.41) is 2.48. The fourth-order valence-corrected chi connectivity index (χ4v) is 1.28. The van der Waals surface area contributed by atoms with Gasteiger partial charge in [-0.3, -0.25) is 9.78 Å². The van der Waals surface area contributed by atoms with Gasteiger partial charge in [0.1, 0.15) is 11.3 Å². The Kier molecular flexibility index (Phi) is 4.42. The van der Waals surface area contributed by atoms with E-state index in [1.165, 1.54) is 6.20 Å². The van der Waals surface area contributed by atoms with Gasteiger partial charge in [0, 0.05) is 6.20 Å². The van der Waals surface area contributed by atoms with Gasteiger partial charge in [0.2, 0.25) is 5.78 Å². The molecule has 0 unspecified atom stereocenters. The van der Waals surface area contributed by atoms with Gasteiger partial charge in [0.25, 0.3) is 0 Å². The van der Waals surface area contributed by atoms with E-state index in [0.29, 0.717) is 5.69 Å². The predicted octanol–water partition coefficient (Wildman–Crippen LogP) is 2.18. The summed E-state index contributed by atoms with van der Waals surface area (Å²) < 4.78 is 5.07. The fraction of sp³-hybridized carbons (Fsp3) is 0.462. The first kappa shape index (κ1) is 14.2. The average Bonchev–Trinajstić information content (AvgIpc) is 2.26. The second-order valence-corrected chi connectivity index (χ2v) is 4.95. The van der Waals surface area contributed by atoms with Crippen LogP contribution in [0.4, 0.5) is 4.79 Å². The predicted molar refractivity (Wildman–Crippen MR) is 67.4 cm³/mol. The molecule has 0 aliphatic carbocycles. The third-order valence-corrected chi connectivity index (χ3v) is 2.04. The number of rotatable bonds is 3. The van der Waals surface area contributed by atoms with E-state index in [0.717, 1.165) is 0 Å². The molecule has 98 valence electrons. The lowest BCUT2D eigenvalue weighted by Crippen LogP contribution is -2.41. The Hall–Kier alpha value is -1.91. The third kappa shape index (κ3) is 4.53. The molecule has 1 rings (SSSR count). The van der Waals surface area contributed by atoms with Crippen LogP contribution in [0.1, 0.15) is 38.2 Å². The van der Waals surface area contributed by atoms with Crippen molar-refractivity contribution in [2.45, 2.75) is 39.3 Å². The summed E-state index contributed by atoms with van der Waals surface area (Å²) in [6.07, 6.45) is 0.923. The van der Waals surface area contributed by atoms with Crippen LogP contribution in [0.15, 0.2) is 24.4 Å². The zero-order chi connectivity index (χ0) is 13.8. The van der Waals surface area contributed by atoms with Crippen molar-refractivity contribution in [3.05, 3.63) is 30.1 Å². The molecule has 0 aliphatic heterocycles. The number of carbonyl (C=O) groups excluding carboxylic acids is 2. The number of ketones is 1. The average molecular weight is 250 g/mol. The topological polar surface area (TPSA) is 68.3 Å². The van der Waals surface area contributed by atoms with Crippen LogP contribution in [0.2, 0.25) is 0 Å². The molecule has 1 atom stereocenters. The van der Waals surface area contributed by atoms with Gasteiger partial charge in [0.05, 0.1) is 6.04 Å². The molecule has 0 aliphatic rings. The first-order valence-electron chi connectivity index (χ1n) is 5.74. The molecule has 1 heterocycles. The standard InChI is InChI=1S/C13H18N2O3/c1-9(15-12(17)18-13(2,3)4)11(16)10-7-5-6-8-14-10/h5-9H,1-4H3,(H,15,17)/t9-/m1/s1. The maximum atomic E-state index is 11.9. The molecule has 5 heteroatoms. The van der Waals surface area contributed by atoms with E-state index in [4.69, 9.17) is 4.74 Å². The van der Waals surface area contributed by atoms with Gasteiger partial charge in [-0.1, -0.05) is 6.07 Å². The first-order chi connectivity index (χ1) is 8.29. The summed E-state index contributed by atoms with van der Waals surface area (Å²) in [7, 11) is 0. The van der Waals surface area contributed by atoms with Crippen molar-refractivity contribution in [3.63, 3.8) is 0 Å². The van der Waals surface area contributed by atoms with Crippen LogP contribution < -0.4 is 5.32 Å². The van der Waals surface area contributed by atoms with Crippen molar-refractivity contribution in [2.75, 3.05) is 0 Å². The quantitative estimate of drug-likeness (QED) is 0.835. The second kappa shape index (κ2) is 5.62. The molecule has 0 saturated carbocycles. The minimum Gasteiger partial charge on any atom is -0.444 e. The van der Waals surface area contributed by atoms with Crippen molar-refractivity contribution in [3.8, 4) is 0 Å².